The Morgan fingerprint density at radius 2 is 1.02 bits per heavy atom. The summed E-state index contributed by atoms with van der Waals surface area (Å²) in [5, 5.41) is 2.71. The van der Waals surface area contributed by atoms with Crippen LogP contribution in [0.25, 0.3) is 21.5 Å². The van der Waals surface area contributed by atoms with Crippen LogP contribution in [0, 0.1) is 0 Å². The Kier molecular flexibility index (Phi) is 7.47. The van der Waals surface area contributed by atoms with Crippen LogP contribution in [0.2, 0.25) is 0 Å². The molecule has 0 bridgehead atoms. The van der Waals surface area contributed by atoms with Crippen LogP contribution >= 0.6 is 0 Å². The highest BCUT2D eigenvalue weighted by Crippen LogP contribution is 2.41. The first kappa shape index (κ1) is 32.0. The van der Waals surface area contributed by atoms with Gasteiger partial charge in [-0.25, -0.2) is 0 Å². The zero-order valence-electron chi connectivity index (χ0n) is 28.3. The van der Waals surface area contributed by atoms with Crippen molar-refractivity contribution in [2.45, 2.75) is 12.5 Å². The summed E-state index contributed by atoms with van der Waals surface area (Å²) in [6.45, 7) is -0.779. The first-order chi connectivity index (χ1) is 25.8. The van der Waals surface area contributed by atoms with Crippen LogP contribution < -0.4 is 9.80 Å². The third kappa shape index (κ3) is 5.02. The molecule has 0 unspecified atom stereocenters. The molecule has 6 amide bonds. The molecular formula is C43H30N4O6. The Morgan fingerprint density at radius 3 is 1.55 bits per heavy atom. The number of hydrogen-bond acceptors (Lipinski definition) is 6. The summed E-state index contributed by atoms with van der Waals surface area (Å²) in [5.41, 5.74) is 3.23. The van der Waals surface area contributed by atoms with Crippen molar-refractivity contribution in [3.63, 3.8) is 0 Å². The summed E-state index contributed by atoms with van der Waals surface area (Å²) in [5.74, 6) is -3.06. The molecule has 9 rings (SSSR count). The standard InChI is InChI=1S/C43H30N4O6/c48-36(24-45-40(50)30-17-6-10-26-11-7-18-31(38(26)30)41(45)51)44-23-22-35(29-16-4-5-21-34(29)44)47(28-14-2-1-3-15-28)37(49)25-46-42(52)32-19-8-12-27-13-9-20-33(39(27)32)43(46)53/h1-21,35H,22-25H2/t35-/m1/s1. The maximum absolute atomic E-state index is 14.5. The molecule has 0 N–H and O–H groups in total. The lowest BCUT2D eigenvalue weighted by Gasteiger charge is -2.41. The van der Waals surface area contributed by atoms with Crippen LogP contribution in [0.5, 0.6) is 0 Å². The van der Waals surface area contributed by atoms with Crippen molar-refractivity contribution >= 4 is 68.4 Å². The van der Waals surface area contributed by atoms with Gasteiger partial charge in [0.2, 0.25) is 11.8 Å². The number of rotatable bonds is 6. The number of carbonyl (C=O) groups is 6. The Bertz CT molecular complexity index is 2480. The molecule has 3 aliphatic rings. The molecule has 0 saturated carbocycles. The van der Waals surface area contributed by atoms with Gasteiger partial charge in [-0.2, -0.15) is 0 Å². The number of para-hydroxylation sites is 2. The fourth-order valence-corrected chi connectivity index (χ4v) is 8.04. The van der Waals surface area contributed by atoms with E-state index in [2.05, 4.69) is 0 Å². The van der Waals surface area contributed by atoms with Gasteiger partial charge in [0.15, 0.2) is 0 Å². The van der Waals surface area contributed by atoms with Crippen molar-refractivity contribution in [2.75, 3.05) is 29.4 Å². The lowest BCUT2D eigenvalue weighted by molar-refractivity contribution is -0.119. The highest BCUT2D eigenvalue weighted by Gasteiger charge is 2.40. The predicted octanol–water partition coefficient (Wildman–Crippen LogP) is 6.40. The number of hydrogen-bond donors (Lipinski definition) is 0. The summed E-state index contributed by atoms with van der Waals surface area (Å²) in [6.07, 6.45) is 0.303. The van der Waals surface area contributed by atoms with E-state index in [1.165, 1.54) is 0 Å². The van der Waals surface area contributed by atoms with Gasteiger partial charge in [-0.05, 0) is 65.2 Å². The van der Waals surface area contributed by atoms with Gasteiger partial charge in [0.1, 0.15) is 13.1 Å². The average molecular weight is 699 g/mol. The minimum absolute atomic E-state index is 0.177. The fourth-order valence-electron chi connectivity index (χ4n) is 8.04. The minimum atomic E-state index is -0.571. The number of carbonyl (C=O) groups excluding carboxylic acids is 6. The monoisotopic (exact) mass is 698 g/mol. The van der Waals surface area contributed by atoms with Gasteiger partial charge in [-0.3, -0.25) is 38.6 Å². The normalized spacial score (nSPS) is 16.3. The number of anilines is 2. The van der Waals surface area contributed by atoms with Crippen molar-refractivity contribution in [2.24, 2.45) is 0 Å². The van der Waals surface area contributed by atoms with Gasteiger partial charge in [-0.15, -0.1) is 0 Å². The highest BCUT2D eigenvalue weighted by molar-refractivity contribution is 6.27. The SMILES string of the molecule is O=C1c2cccc3cccc(c23)C(=O)N1CC(=O)N1CC[C@@H](N(C(=O)CN2C(=O)c3cccc4cccc(c34)C2=O)c2ccccc2)c2ccccc21. The number of nitrogens with zero attached hydrogens (tertiary/aromatic N) is 4. The van der Waals surface area contributed by atoms with Crippen LogP contribution in [0.4, 0.5) is 11.4 Å². The lowest BCUT2D eigenvalue weighted by atomic mass is 9.93. The molecular weight excluding hydrogens is 668 g/mol. The number of fused-ring (bicyclic) bond motifs is 1. The summed E-state index contributed by atoms with van der Waals surface area (Å²) in [7, 11) is 0. The summed E-state index contributed by atoms with van der Waals surface area (Å²) >= 11 is 0. The summed E-state index contributed by atoms with van der Waals surface area (Å²) in [4.78, 5) is 88.5. The van der Waals surface area contributed by atoms with E-state index in [1.807, 2.05) is 42.5 Å². The van der Waals surface area contributed by atoms with Gasteiger partial charge < -0.3 is 9.80 Å². The lowest BCUT2D eigenvalue weighted by Crippen LogP contribution is -2.51. The van der Waals surface area contributed by atoms with E-state index in [0.717, 1.165) is 20.6 Å². The molecule has 6 aromatic rings. The smallest absolute Gasteiger partial charge is 0.261 e. The average Bonchev–Trinajstić information content (AvgIpc) is 3.19. The predicted molar refractivity (Wildman–Crippen MR) is 199 cm³/mol. The molecule has 3 aliphatic heterocycles. The van der Waals surface area contributed by atoms with Crippen LogP contribution in [0.3, 0.4) is 0 Å². The number of amides is 6. The Balaban J connectivity index is 1.02. The van der Waals surface area contributed by atoms with Gasteiger partial charge >= 0.3 is 0 Å². The second-order valence-electron chi connectivity index (χ2n) is 13.3. The second-order valence-corrected chi connectivity index (χ2v) is 13.3. The largest absolute Gasteiger partial charge is 0.310 e. The fraction of sp³-hybridized carbons (Fsp3) is 0.116. The minimum Gasteiger partial charge on any atom is -0.310 e. The van der Waals surface area contributed by atoms with E-state index in [1.54, 1.807) is 94.7 Å². The zero-order chi connectivity index (χ0) is 36.4. The highest BCUT2D eigenvalue weighted by atomic mass is 16.2. The Morgan fingerprint density at radius 1 is 0.547 bits per heavy atom. The van der Waals surface area contributed by atoms with Crippen LogP contribution in [-0.2, 0) is 9.59 Å². The molecule has 0 fully saturated rings. The molecule has 0 aromatic heterocycles. The molecule has 0 aliphatic carbocycles. The maximum atomic E-state index is 14.5. The van der Waals surface area contributed by atoms with E-state index in [-0.39, 0.29) is 6.54 Å². The van der Waals surface area contributed by atoms with Crippen LogP contribution in [0.1, 0.15) is 59.5 Å². The van der Waals surface area contributed by atoms with E-state index in [9.17, 15) is 28.8 Å². The molecule has 10 heteroatoms. The second kappa shape index (κ2) is 12.4. The van der Waals surface area contributed by atoms with Crippen LogP contribution in [-0.4, -0.2) is 64.9 Å². The van der Waals surface area contributed by atoms with Gasteiger partial charge in [0.05, 0.1) is 6.04 Å². The van der Waals surface area contributed by atoms with Crippen molar-refractivity contribution in [3.05, 3.63) is 155 Å². The molecule has 0 saturated heterocycles. The van der Waals surface area contributed by atoms with E-state index < -0.39 is 54.6 Å². The number of imide groups is 2. The topological polar surface area (TPSA) is 115 Å². The first-order valence-electron chi connectivity index (χ1n) is 17.3. The molecule has 0 radical (unpaired) electrons. The molecule has 0 spiro atoms. The molecule has 53 heavy (non-hydrogen) atoms. The van der Waals surface area contributed by atoms with E-state index >= 15 is 0 Å². The Hall–Kier alpha value is -6.94. The first-order valence-corrected chi connectivity index (χ1v) is 17.3. The quantitative estimate of drug-likeness (QED) is 0.186. The molecule has 258 valence electrons. The molecule has 6 aromatic carbocycles. The molecule has 1 atom stereocenters. The molecule has 10 nitrogen and oxygen atoms in total. The third-order valence-electron chi connectivity index (χ3n) is 10.4. The van der Waals surface area contributed by atoms with Crippen molar-refractivity contribution < 1.29 is 28.8 Å². The molecule has 3 heterocycles. The maximum Gasteiger partial charge on any atom is 0.261 e. The van der Waals surface area contributed by atoms with E-state index in [4.69, 9.17) is 0 Å². The summed E-state index contributed by atoms with van der Waals surface area (Å²) in [6, 6.07) is 36.7. The van der Waals surface area contributed by atoms with Crippen LogP contribution in [0.15, 0.2) is 127 Å². The van der Waals surface area contributed by atoms with Crippen molar-refractivity contribution in [1.82, 2.24) is 9.80 Å². The van der Waals surface area contributed by atoms with Gasteiger partial charge in [-0.1, -0.05) is 84.9 Å². The van der Waals surface area contributed by atoms with Gasteiger partial charge in [0.25, 0.3) is 23.6 Å². The third-order valence-corrected chi connectivity index (χ3v) is 10.4. The van der Waals surface area contributed by atoms with Gasteiger partial charge in [0, 0.05) is 50.9 Å². The van der Waals surface area contributed by atoms with Crippen molar-refractivity contribution in [3.8, 4) is 0 Å². The zero-order valence-corrected chi connectivity index (χ0v) is 28.3. The number of benzene rings is 6. The van der Waals surface area contributed by atoms with E-state index in [0.29, 0.717) is 56.4 Å². The summed E-state index contributed by atoms with van der Waals surface area (Å²) < 4.78 is 0. The Labute approximate surface area is 303 Å². The van der Waals surface area contributed by atoms with Crippen molar-refractivity contribution in [1.29, 1.82) is 0 Å².